The molecular weight excluding hydrogens is 224 g/mol. The molecule has 0 heterocycles. The zero-order valence-electron chi connectivity index (χ0n) is 12.7. The first-order valence-corrected chi connectivity index (χ1v) is 7.35. The fourth-order valence-corrected chi connectivity index (χ4v) is 1.85. The van der Waals surface area contributed by atoms with E-state index >= 15 is 0 Å². The van der Waals surface area contributed by atoms with Crippen LogP contribution in [0.2, 0.25) is 0 Å². The van der Waals surface area contributed by atoms with Crippen molar-refractivity contribution in [2.45, 2.75) is 65.1 Å². The van der Waals surface area contributed by atoms with E-state index in [1.54, 1.807) is 0 Å². The molecular formula is C14H30N4. The lowest BCUT2D eigenvalue weighted by Crippen LogP contribution is -2.43. The minimum Gasteiger partial charge on any atom is -0.357 e. The third-order valence-corrected chi connectivity index (χ3v) is 3.67. The van der Waals surface area contributed by atoms with Crippen molar-refractivity contribution in [3.63, 3.8) is 0 Å². The van der Waals surface area contributed by atoms with E-state index in [-0.39, 0.29) is 0 Å². The SMILES string of the molecule is CCNC(=NCC(C)N(C)C1CC1)NC(C)CC. The van der Waals surface area contributed by atoms with Crippen LogP contribution in [0.5, 0.6) is 0 Å². The fourth-order valence-electron chi connectivity index (χ4n) is 1.85. The highest BCUT2D eigenvalue weighted by Gasteiger charge is 2.28. The zero-order chi connectivity index (χ0) is 13.5. The molecule has 1 saturated carbocycles. The minimum absolute atomic E-state index is 0.472. The van der Waals surface area contributed by atoms with Crippen LogP contribution >= 0.6 is 0 Å². The van der Waals surface area contributed by atoms with Crippen LogP contribution in [0.4, 0.5) is 0 Å². The summed E-state index contributed by atoms with van der Waals surface area (Å²) in [6.07, 6.45) is 3.83. The van der Waals surface area contributed by atoms with E-state index in [4.69, 9.17) is 0 Å². The van der Waals surface area contributed by atoms with Gasteiger partial charge in [-0.3, -0.25) is 9.89 Å². The van der Waals surface area contributed by atoms with Crippen molar-refractivity contribution in [2.75, 3.05) is 20.1 Å². The van der Waals surface area contributed by atoms with Gasteiger partial charge in [0, 0.05) is 24.7 Å². The normalized spacial score (nSPS) is 19.8. The van der Waals surface area contributed by atoms with E-state index in [1.807, 2.05) is 0 Å². The van der Waals surface area contributed by atoms with Crippen LogP contribution in [-0.4, -0.2) is 49.1 Å². The van der Waals surface area contributed by atoms with Crippen LogP contribution in [0.3, 0.4) is 0 Å². The second-order valence-corrected chi connectivity index (χ2v) is 5.42. The molecule has 2 atom stereocenters. The van der Waals surface area contributed by atoms with Gasteiger partial charge in [-0.05, 0) is 47.1 Å². The molecule has 2 unspecified atom stereocenters. The maximum Gasteiger partial charge on any atom is 0.191 e. The van der Waals surface area contributed by atoms with E-state index in [0.29, 0.717) is 12.1 Å². The Morgan fingerprint density at radius 1 is 1.33 bits per heavy atom. The van der Waals surface area contributed by atoms with Gasteiger partial charge in [-0.2, -0.15) is 0 Å². The summed E-state index contributed by atoms with van der Waals surface area (Å²) in [6, 6.07) is 1.80. The molecule has 1 fully saturated rings. The zero-order valence-corrected chi connectivity index (χ0v) is 12.7. The lowest BCUT2D eigenvalue weighted by atomic mass is 10.3. The third kappa shape index (κ3) is 5.25. The average molecular weight is 254 g/mol. The quantitative estimate of drug-likeness (QED) is 0.538. The van der Waals surface area contributed by atoms with Crippen LogP contribution in [0, 0.1) is 0 Å². The molecule has 0 radical (unpaired) electrons. The smallest absolute Gasteiger partial charge is 0.191 e. The molecule has 106 valence electrons. The molecule has 0 aromatic heterocycles. The Morgan fingerprint density at radius 3 is 2.50 bits per heavy atom. The van der Waals surface area contributed by atoms with Gasteiger partial charge in [0.2, 0.25) is 0 Å². The number of rotatable bonds is 7. The number of aliphatic imine (C=N–C) groups is 1. The summed E-state index contributed by atoms with van der Waals surface area (Å²) in [7, 11) is 2.22. The largest absolute Gasteiger partial charge is 0.357 e. The van der Waals surface area contributed by atoms with Gasteiger partial charge >= 0.3 is 0 Å². The molecule has 0 aliphatic heterocycles. The Bertz CT molecular complexity index is 261. The summed E-state index contributed by atoms with van der Waals surface area (Å²) < 4.78 is 0. The Labute approximate surface area is 112 Å². The van der Waals surface area contributed by atoms with Crippen LogP contribution in [0.25, 0.3) is 0 Å². The molecule has 2 N–H and O–H groups in total. The first-order chi connectivity index (χ1) is 8.58. The van der Waals surface area contributed by atoms with Crippen LogP contribution in [0.15, 0.2) is 4.99 Å². The Morgan fingerprint density at radius 2 is 2.00 bits per heavy atom. The lowest BCUT2D eigenvalue weighted by Gasteiger charge is -2.23. The van der Waals surface area contributed by atoms with E-state index < -0.39 is 0 Å². The highest BCUT2D eigenvalue weighted by Crippen LogP contribution is 2.26. The molecule has 0 saturated heterocycles. The average Bonchev–Trinajstić information content (AvgIpc) is 3.18. The topological polar surface area (TPSA) is 39.7 Å². The van der Waals surface area contributed by atoms with Crippen LogP contribution in [0.1, 0.15) is 47.0 Å². The van der Waals surface area contributed by atoms with Crippen molar-refractivity contribution in [1.82, 2.24) is 15.5 Å². The summed E-state index contributed by atoms with van der Waals surface area (Å²) in [5.74, 6) is 0.947. The summed E-state index contributed by atoms with van der Waals surface area (Å²) in [4.78, 5) is 7.14. The van der Waals surface area contributed by atoms with E-state index in [2.05, 4.69) is 55.3 Å². The van der Waals surface area contributed by atoms with Crippen molar-refractivity contribution in [3.8, 4) is 0 Å². The Hall–Kier alpha value is -0.770. The van der Waals surface area contributed by atoms with Gasteiger partial charge in [0.05, 0.1) is 6.54 Å². The van der Waals surface area contributed by atoms with Gasteiger partial charge in [-0.25, -0.2) is 0 Å². The Kier molecular flexibility index (Phi) is 6.47. The molecule has 4 heteroatoms. The van der Waals surface area contributed by atoms with Gasteiger partial charge in [0.1, 0.15) is 0 Å². The van der Waals surface area contributed by atoms with Crippen molar-refractivity contribution >= 4 is 5.96 Å². The summed E-state index contributed by atoms with van der Waals surface area (Å²) in [6.45, 7) is 10.5. The fraction of sp³-hybridized carbons (Fsp3) is 0.929. The highest BCUT2D eigenvalue weighted by atomic mass is 15.2. The monoisotopic (exact) mass is 254 g/mol. The summed E-state index contributed by atoms with van der Waals surface area (Å²) in [5.41, 5.74) is 0. The number of hydrogen-bond donors (Lipinski definition) is 2. The molecule has 0 bridgehead atoms. The first-order valence-electron chi connectivity index (χ1n) is 7.35. The molecule has 1 aliphatic rings. The predicted molar refractivity (Wildman–Crippen MR) is 79.1 cm³/mol. The molecule has 0 amide bonds. The van der Waals surface area contributed by atoms with Gasteiger partial charge in [-0.15, -0.1) is 0 Å². The number of likely N-dealkylation sites (N-methyl/N-ethyl adjacent to an activating group) is 1. The summed E-state index contributed by atoms with van der Waals surface area (Å²) >= 11 is 0. The van der Waals surface area contributed by atoms with Gasteiger partial charge in [-0.1, -0.05) is 6.92 Å². The van der Waals surface area contributed by atoms with E-state index in [0.717, 1.165) is 31.5 Å². The van der Waals surface area contributed by atoms with Gasteiger partial charge < -0.3 is 10.6 Å². The molecule has 0 spiro atoms. The van der Waals surface area contributed by atoms with Crippen molar-refractivity contribution in [3.05, 3.63) is 0 Å². The van der Waals surface area contributed by atoms with E-state index in [1.165, 1.54) is 12.8 Å². The first kappa shape index (κ1) is 15.3. The lowest BCUT2D eigenvalue weighted by molar-refractivity contribution is 0.253. The summed E-state index contributed by atoms with van der Waals surface area (Å²) in [5, 5.41) is 6.73. The van der Waals surface area contributed by atoms with Gasteiger partial charge in [0.25, 0.3) is 0 Å². The number of nitrogens with zero attached hydrogens (tertiary/aromatic N) is 2. The highest BCUT2D eigenvalue weighted by molar-refractivity contribution is 5.80. The molecule has 4 nitrogen and oxygen atoms in total. The maximum atomic E-state index is 4.69. The maximum absolute atomic E-state index is 4.69. The van der Waals surface area contributed by atoms with Crippen LogP contribution < -0.4 is 10.6 Å². The number of guanidine groups is 1. The minimum atomic E-state index is 0.472. The van der Waals surface area contributed by atoms with Crippen molar-refractivity contribution in [2.24, 2.45) is 4.99 Å². The molecule has 18 heavy (non-hydrogen) atoms. The third-order valence-electron chi connectivity index (χ3n) is 3.67. The molecule has 0 aromatic rings. The van der Waals surface area contributed by atoms with Crippen molar-refractivity contribution < 1.29 is 0 Å². The second kappa shape index (κ2) is 7.62. The Balaban J connectivity index is 2.42. The standard InChI is InChI=1S/C14H30N4/c1-6-11(3)17-14(15-7-2)16-10-12(4)18(5)13-8-9-13/h11-13H,6-10H2,1-5H3,(H2,15,16,17). The molecule has 1 rings (SSSR count). The number of nitrogens with one attached hydrogen (secondary N) is 2. The molecule has 1 aliphatic carbocycles. The number of hydrogen-bond acceptors (Lipinski definition) is 2. The van der Waals surface area contributed by atoms with E-state index in [9.17, 15) is 0 Å². The predicted octanol–water partition coefficient (Wildman–Crippen LogP) is 1.82. The van der Waals surface area contributed by atoms with Crippen LogP contribution in [-0.2, 0) is 0 Å². The second-order valence-electron chi connectivity index (χ2n) is 5.42. The molecule has 0 aromatic carbocycles. The van der Waals surface area contributed by atoms with Gasteiger partial charge in [0.15, 0.2) is 5.96 Å². The van der Waals surface area contributed by atoms with Crippen molar-refractivity contribution in [1.29, 1.82) is 0 Å².